The van der Waals surface area contributed by atoms with E-state index in [0.717, 1.165) is 0 Å². The number of nitro groups is 1. The van der Waals surface area contributed by atoms with Gasteiger partial charge in [-0.25, -0.2) is 4.79 Å². The van der Waals surface area contributed by atoms with Gasteiger partial charge in [-0.15, -0.1) is 0 Å². The van der Waals surface area contributed by atoms with Crippen LogP contribution in [0.2, 0.25) is 0 Å². The molecule has 0 saturated heterocycles. The molecule has 1 aromatic carbocycles. The van der Waals surface area contributed by atoms with E-state index in [1.807, 2.05) is 0 Å². The zero-order valence-electron chi connectivity index (χ0n) is 9.23. The first kappa shape index (κ1) is 13.4. The van der Waals surface area contributed by atoms with Crippen molar-refractivity contribution < 1.29 is 19.2 Å². The smallest absolute Gasteiger partial charge is 0.338 e. The topological polar surface area (TPSA) is 78.7 Å². The molecule has 6 nitrogen and oxygen atoms in total. The Kier molecular flexibility index (Phi) is 4.45. The molecule has 0 amide bonds. The van der Waals surface area contributed by atoms with E-state index in [-0.39, 0.29) is 22.3 Å². The SMILES string of the molecule is COC(=O)c1cc(OC)c(CBr)c([N+](=O)[O-])c1. The van der Waals surface area contributed by atoms with Crippen LogP contribution in [0.3, 0.4) is 0 Å². The van der Waals surface area contributed by atoms with Gasteiger partial charge in [-0.1, -0.05) is 15.9 Å². The van der Waals surface area contributed by atoms with Gasteiger partial charge in [0.15, 0.2) is 0 Å². The zero-order chi connectivity index (χ0) is 13.0. The van der Waals surface area contributed by atoms with Crippen LogP contribution in [0.4, 0.5) is 5.69 Å². The lowest BCUT2D eigenvalue weighted by Gasteiger charge is -2.08. The molecular weight excluding hydrogens is 294 g/mol. The lowest BCUT2D eigenvalue weighted by Crippen LogP contribution is -2.05. The molecule has 0 spiro atoms. The van der Waals surface area contributed by atoms with Crippen LogP contribution in [0.25, 0.3) is 0 Å². The van der Waals surface area contributed by atoms with Crippen molar-refractivity contribution >= 4 is 27.6 Å². The van der Waals surface area contributed by atoms with Gasteiger partial charge in [0.25, 0.3) is 5.69 Å². The van der Waals surface area contributed by atoms with E-state index < -0.39 is 10.9 Å². The summed E-state index contributed by atoms with van der Waals surface area (Å²) in [7, 11) is 2.59. The standard InChI is InChI=1S/C10H10BrNO5/c1-16-9-4-6(10(13)17-2)3-8(12(14)15)7(9)5-11/h3-4H,5H2,1-2H3. The number of rotatable bonds is 4. The van der Waals surface area contributed by atoms with E-state index in [4.69, 9.17) is 4.74 Å². The van der Waals surface area contributed by atoms with Crippen molar-refractivity contribution in [2.24, 2.45) is 0 Å². The second-order valence-electron chi connectivity index (χ2n) is 3.06. The second-order valence-corrected chi connectivity index (χ2v) is 3.62. The van der Waals surface area contributed by atoms with Crippen molar-refractivity contribution in [3.63, 3.8) is 0 Å². The summed E-state index contributed by atoms with van der Waals surface area (Å²) in [4.78, 5) is 21.7. The van der Waals surface area contributed by atoms with Crippen LogP contribution in [0.15, 0.2) is 12.1 Å². The maximum Gasteiger partial charge on any atom is 0.338 e. The van der Waals surface area contributed by atoms with E-state index in [1.54, 1.807) is 0 Å². The Balaban J connectivity index is 3.45. The third-order valence-electron chi connectivity index (χ3n) is 2.16. The highest BCUT2D eigenvalue weighted by Gasteiger charge is 2.22. The summed E-state index contributed by atoms with van der Waals surface area (Å²) in [5.41, 5.74) is 0.285. The molecule has 1 rings (SSSR count). The minimum atomic E-state index is -0.646. The third-order valence-corrected chi connectivity index (χ3v) is 2.72. The first-order valence-corrected chi connectivity index (χ1v) is 5.66. The van der Waals surface area contributed by atoms with E-state index >= 15 is 0 Å². The van der Waals surface area contributed by atoms with Crippen molar-refractivity contribution in [3.8, 4) is 5.75 Å². The van der Waals surface area contributed by atoms with Gasteiger partial charge < -0.3 is 9.47 Å². The number of ether oxygens (including phenoxy) is 2. The number of hydrogen-bond acceptors (Lipinski definition) is 5. The highest BCUT2D eigenvalue weighted by atomic mass is 79.9. The Morgan fingerprint density at radius 2 is 2.12 bits per heavy atom. The van der Waals surface area contributed by atoms with Crippen molar-refractivity contribution in [1.29, 1.82) is 0 Å². The average Bonchev–Trinajstić information content (AvgIpc) is 2.35. The van der Waals surface area contributed by atoms with Crippen LogP contribution >= 0.6 is 15.9 Å². The fraction of sp³-hybridized carbons (Fsp3) is 0.300. The van der Waals surface area contributed by atoms with Crippen LogP contribution in [-0.4, -0.2) is 25.1 Å². The summed E-state index contributed by atoms with van der Waals surface area (Å²) in [5, 5.41) is 11.1. The number of esters is 1. The number of halogens is 1. The number of alkyl halides is 1. The van der Waals surface area contributed by atoms with Crippen LogP contribution in [-0.2, 0) is 10.1 Å². The summed E-state index contributed by atoms with van der Waals surface area (Å²) < 4.78 is 9.54. The molecule has 1 aromatic rings. The van der Waals surface area contributed by atoms with E-state index in [0.29, 0.717) is 5.56 Å². The van der Waals surface area contributed by atoms with Crippen molar-refractivity contribution in [1.82, 2.24) is 0 Å². The van der Waals surface area contributed by atoms with Crippen molar-refractivity contribution in [2.45, 2.75) is 5.33 Å². The van der Waals surface area contributed by atoms with Crippen LogP contribution in [0.1, 0.15) is 15.9 Å². The first-order valence-electron chi connectivity index (χ1n) is 4.54. The minimum absolute atomic E-state index is 0.0840. The number of benzene rings is 1. The number of carbonyl (C=O) groups is 1. The predicted octanol–water partition coefficient (Wildman–Crippen LogP) is 2.28. The Hall–Kier alpha value is -1.63. The molecule has 0 heterocycles. The summed E-state index contributed by atoms with van der Waals surface area (Å²) >= 11 is 3.15. The molecular formula is C10H10BrNO5. The maximum absolute atomic E-state index is 11.3. The molecule has 0 aromatic heterocycles. The number of methoxy groups -OCH3 is 2. The van der Waals surface area contributed by atoms with E-state index in [2.05, 4.69) is 20.7 Å². The molecule has 92 valence electrons. The highest BCUT2D eigenvalue weighted by molar-refractivity contribution is 9.08. The molecule has 0 unspecified atom stereocenters. The monoisotopic (exact) mass is 303 g/mol. The number of hydrogen-bond donors (Lipinski definition) is 0. The van der Waals surface area contributed by atoms with Gasteiger partial charge in [-0.05, 0) is 6.07 Å². The number of nitro benzene ring substituents is 1. The zero-order valence-corrected chi connectivity index (χ0v) is 10.8. The van der Waals surface area contributed by atoms with Gasteiger partial charge in [-0.2, -0.15) is 0 Å². The molecule has 0 N–H and O–H groups in total. The fourth-order valence-electron chi connectivity index (χ4n) is 1.35. The molecule has 0 saturated carbocycles. The predicted molar refractivity (Wildman–Crippen MR) is 63.6 cm³/mol. The largest absolute Gasteiger partial charge is 0.496 e. The first-order chi connectivity index (χ1) is 8.04. The van der Waals surface area contributed by atoms with Gasteiger partial charge in [0.2, 0.25) is 0 Å². The Labute approximate surface area is 106 Å². The Morgan fingerprint density at radius 3 is 2.53 bits per heavy atom. The highest BCUT2D eigenvalue weighted by Crippen LogP contribution is 2.32. The van der Waals surface area contributed by atoms with E-state index in [1.165, 1.54) is 26.4 Å². The quantitative estimate of drug-likeness (QED) is 0.369. The van der Waals surface area contributed by atoms with Crippen LogP contribution < -0.4 is 4.74 Å². The summed E-state index contributed by atoms with van der Waals surface area (Å²) in [6.07, 6.45) is 0. The molecule has 0 radical (unpaired) electrons. The molecule has 0 bridgehead atoms. The van der Waals surface area contributed by atoms with Crippen LogP contribution in [0, 0.1) is 10.1 Å². The number of nitrogens with zero attached hydrogens (tertiary/aromatic N) is 1. The molecule has 0 aliphatic carbocycles. The maximum atomic E-state index is 11.3. The van der Waals surface area contributed by atoms with Crippen LogP contribution in [0.5, 0.6) is 5.75 Å². The number of carbonyl (C=O) groups excluding carboxylic acids is 1. The molecule has 17 heavy (non-hydrogen) atoms. The summed E-state index contributed by atoms with van der Waals surface area (Å²) in [5.74, 6) is -0.371. The van der Waals surface area contributed by atoms with Crippen molar-refractivity contribution in [2.75, 3.05) is 14.2 Å². The van der Waals surface area contributed by atoms with Gasteiger partial charge in [-0.3, -0.25) is 10.1 Å². The average molecular weight is 304 g/mol. The third kappa shape index (κ3) is 2.73. The molecule has 0 aliphatic rings. The van der Waals surface area contributed by atoms with Gasteiger partial charge in [0.1, 0.15) is 5.75 Å². The van der Waals surface area contributed by atoms with Crippen molar-refractivity contribution in [3.05, 3.63) is 33.4 Å². The molecule has 0 fully saturated rings. The molecule has 7 heteroatoms. The Morgan fingerprint density at radius 1 is 1.47 bits per heavy atom. The fourth-order valence-corrected chi connectivity index (χ4v) is 1.91. The van der Waals surface area contributed by atoms with Gasteiger partial charge in [0.05, 0.1) is 30.3 Å². The lowest BCUT2D eigenvalue weighted by molar-refractivity contribution is -0.385. The van der Waals surface area contributed by atoms with E-state index in [9.17, 15) is 14.9 Å². The molecule has 0 atom stereocenters. The van der Waals surface area contributed by atoms with Gasteiger partial charge >= 0.3 is 5.97 Å². The minimum Gasteiger partial charge on any atom is -0.496 e. The summed E-state index contributed by atoms with van der Waals surface area (Å²) in [6.45, 7) is 0. The second kappa shape index (κ2) is 5.62. The normalized spacial score (nSPS) is 9.82. The Bertz CT molecular complexity index is 460. The lowest BCUT2D eigenvalue weighted by atomic mass is 10.1. The van der Waals surface area contributed by atoms with Gasteiger partial charge in [0, 0.05) is 11.4 Å². The summed E-state index contributed by atoms with van der Waals surface area (Å²) in [6, 6.07) is 2.58. The molecule has 0 aliphatic heterocycles.